The number of fused-ring (bicyclic) bond motifs is 4. The Bertz CT molecular complexity index is 1480. The van der Waals surface area contributed by atoms with Gasteiger partial charge in [0.25, 0.3) is 0 Å². The number of rotatable bonds is 5. The second-order valence-electron chi connectivity index (χ2n) is 11.9. The van der Waals surface area contributed by atoms with E-state index in [1.165, 1.54) is 5.56 Å². The second-order valence-corrected chi connectivity index (χ2v) is 12.3. The molecular formula is C31H36ClN5O3. The average molecular weight is 562 g/mol. The molecule has 9 heteroatoms. The highest BCUT2D eigenvalue weighted by atomic mass is 35.5. The van der Waals surface area contributed by atoms with Gasteiger partial charge in [-0.25, -0.2) is 4.98 Å². The molecule has 40 heavy (non-hydrogen) atoms. The van der Waals surface area contributed by atoms with Crippen molar-refractivity contribution < 1.29 is 14.3 Å². The number of dihydropyridines is 1. The molecular weight excluding hydrogens is 526 g/mol. The number of piperidine rings is 1. The molecule has 0 unspecified atom stereocenters. The number of halogens is 1. The number of allylic oxidation sites excluding steroid dienone is 1. The van der Waals surface area contributed by atoms with Crippen molar-refractivity contribution >= 4 is 35.2 Å². The number of amides is 1. The van der Waals surface area contributed by atoms with Gasteiger partial charge in [0.15, 0.2) is 5.78 Å². The zero-order valence-corrected chi connectivity index (χ0v) is 24.4. The molecule has 210 valence electrons. The van der Waals surface area contributed by atoms with Crippen LogP contribution in [0.5, 0.6) is 0 Å². The van der Waals surface area contributed by atoms with Crippen molar-refractivity contribution in [1.29, 1.82) is 0 Å². The Hall–Kier alpha value is -3.10. The van der Waals surface area contributed by atoms with Gasteiger partial charge >= 0.3 is 0 Å². The monoisotopic (exact) mass is 561 g/mol. The van der Waals surface area contributed by atoms with Crippen LogP contribution in [0.2, 0.25) is 5.02 Å². The summed E-state index contributed by atoms with van der Waals surface area (Å²) in [7, 11) is 1.71. The lowest BCUT2D eigenvalue weighted by Crippen LogP contribution is -2.40. The van der Waals surface area contributed by atoms with E-state index in [0.717, 1.165) is 57.4 Å². The van der Waals surface area contributed by atoms with E-state index in [1.807, 2.05) is 44.2 Å². The molecule has 0 spiro atoms. The number of likely N-dealkylation sites (tertiary alicyclic amines) is 1. The van der Waals surface area contributed by atoms with Crippen LogP contribution < -0.4 is 0 Å². The van der Waals surface area contributed by atoms with Crippen molar-refractivity contribution in [2.45, 2.75) is 71.1 Å². The van der Waals surface area contributed by atoms with Gasteiger partial charge in [0.05, 0.1) is 25.0 Å². The van der Waals surface area contributed by atoms with E-state index in [1.54, 1.807) is 7.11 Å². The minimum absolute atomic E-state index is 0.0955. The molecule has 1 aromatic carbocycles. The molecule has 1 atom stereocenters. The van der Waals surface area contributed by atoms with Crippen molar-refractivity contribution in [1.82, 2.24) is 14.5 Å². The Morgan fingerprint density at radius 1 is 1.20 bits per heavy atom. The Balaban J connectivity index is 1.27. The maximum atomic E-state index is 13.7. The van der Waals surface area contributed by atoms with E-state index < -0.39 is 5.60 Å². The first-order chi connectivity index (χ1) is 19.2. The standard InChI is InChI=1S/C31H36ClN5O3/c1-18-9-22(27(38)15-34-18)19-5-7-36(8-6-19)29(39)12-21-10-20-11-26(32)24-14-33-13-23(24)25(20)17-37-28(16-35-30(21)37)31(2,3)40-4/h9,11,13,16,19,21H,5-8,10,12,14-15,17H2,1-4H3/t21-/m0/s1. The van der Waals surface area contributed by atoms with Crippen LogP contribution in [-0.2, 0) is 39.4 Å². The van der Waals surface area contributed by atoms with Gasteiger partial charge < -0.3 is 14.2 Å². The van der Waals surface area contributed by atoms with E-state index in [2.05, 4.69) is 20.6 Å². The van der Waals surface area contributed by atoms with E-state index in [9.17, 15) is 9.59 Å². The van der Waals surface area contributed by atoms with Crippen LogP contribution >= 0.6 is 11.6 Å². The molecule has 0 saturated carbocycles. The molecule has 6 rings (SSSR count). The summed E-state index contributed by atoms with van der Waals surface area (Å²) < 4.78 is 8.10. The summed E-state index contributed by atoms with van der Waals surface area (Å²) in [5.41, 5.74) is 6.76. The minimum Gasteiger partial charge on any atom is -0.373 e. The number of aromatic nitrogens is 2. The number of hydrogen-bond acceptors (Lipinski definition) is 6. The molecule has 8 nitrogen and oxygen atoms in total. The first-order valence-electron chi connectivity index (χ1n) is 14.1. The lowest BCUT2D eigenvalue weighted by atomic mass is 9.84. The Labute approximate surface area is 240 Å². The molecule has 5 heterocycles. The zero-order chi connectivity index (χ0) is 28.2. The van der Waals surface area contributed by atoms with Crippen LogP contribution in [0.1, 0.15) is 79.7 Å². The Morgan fingerprint density at radius 3 is 2.73 bits per heavy atom. The van der Waals surface area contributed by atoms with Gasteiger partial charge in [0.1, 0.15) is 18.0 Å². The molecule has 1 aromatic heterocycles. The number of benzene rings is 1. The lowest BCUT2D eigenvalue weighted by Gasteiger charge is -2.34. The third-order valence-electron chi connectivity index (χ3n) is 9.13. The quantitative estimate of drug-likeness (QED) is 0.532. The first kappa shape index (κ1) is 27.1. The van der Waals surface area contributed by atoms with Crippen molar-refractivity contribution in [3.8, 4) is 0 Å². The van der Waals surface area contributed by atoms with E-state index in [-0.39, 0.29) is 30.1 Å². The van der Waals surface area contributed by atoms with Crippen LogP contribution in [0.4, 0.5) is 0 Å². The SMILES string of the molecule is COC(C)(C)c1cnc2n1Cc1c(cc(Cl)c3c1C=NC3)C[C@H]2CC(=O)N1CCC(C2=CC(C)=NCC2=O)CC1. The molecule has 1 saturated heterocycles. The summed E-state index contributed by atoms with van der Waals surface area (Å²) in [6.07, 6.45) is 8.41. The summed E-state index contributed by atoms with van der Waals surface area (Å²) in [6, 6.07) is 2.07. The molecule has 0 N–H and O–H groups in total. The molecule has 4 aliphatic rings. The molecule has 4 aliphatic heterocycles. The van der Waals surface area contributed by atoms with Gasteiger partial charge in [0.2, 0.25) is 5.91 Å². The topological polar surface area (TPSA) is 89.2 Å². The largest absolute Gasteiger partial charge is 0.373 e. The van der Waals surface area contributed by atoms with Gasteiger partial charge in [-0.1, -0.05) is 11.6 Å². The van der Waals surface area contributed by atoms with E-state index in [0.29, 0.717) is 39.0 Å². The van der Waals surface area contributed by atoms with Crippen molar-refractivity contribution in [2.75, 3.05) is 26.7 Å². The predicted octanol–water partition coefficient (Wildman–Crippen LogP) is 4.64. The first-order valence-corrected chi connectivity index (χ1v) is 14.5. The van der Waals surface area contributed by atoms with Crippen molar-refractivity contribution in [3.63, 3.8) is 0 Å². The Morgan fingerprint density at radius 2 is 1.98 bits per heavy atom. The molecule has 1 amide bonds. The van der Waals surface area contributed by atoms with Crippen LogP contribution in [-0.4, -0.2) is 64.8 Å². The Kier molecular flexibility index (Phi) is 7.03. The predicted molar refractivity (Wildman–Crippen MR) is 156 cm³/mol. The number of carbonyl (C=O) groups is 2. The summed E-state index contributed by atoms with van der Waals surface area (Å²) >= 11 is 6.71. The summed E-state index contributed by atoms with van der Waals surface area (Å²) in [5.74, 6) is 1.25. The van der Waals surface area contributed by atoms with Crippen LogP contribution in [0.25, 0.3) is 0 Å². The van der Waals surface area contributed by atoms with Crippen LogP contribution in [0, 0.1) is 5.92 Å². The molecule has 0 aliphatic carbocycles. The van der Waals surface area contributed by atoms with Gasteiger partial charge in [-0.3, -0.25) is 19.6 Å². The number of ketones is 1. The smallest absolute Gasteiger partial charge is 0.223 e. The number of Topliss-reactive ketones (excluding diaryl/α,β-unsaturated/α-hetero) is 1. The highest BCUT2D eigenvalue weighted by Crippen LogP contribution is 2.39. The molecule has 0 radical (unpaired) electrons. The highest BCUT2D eigenvalue weighted by molar-refractivity contribution is 6.32. The fraction of sp³-hybridized carbons (Fsp3) is 0.516. The average Bonchev–Trinajstić information content (AvgIpc) is 3.57. The normalized spacial score (nSPS) is 21.0. The number of ether oxygens (including phenoxy) is 1. The third kappa shape index (κ3) is 4.75. The fourth-order valence-corrected chi connectivity index (χ4v) is 6.93. The van der Waals surface area contributed by atoms with E-state index >= 15 is 0 Å². The van der Waals surface area contributed by atoms with Gasteiger partial charge in [-0.05, 0) is 69.2 Å². The van der Waals surface area contributed by atoms with E-state index in [4.69, 9.17) is 21.3 Å². The maximum Gasteiger partial charge on any atom is 0.223 e. The fourth-order valence-electron chi connectivity index (χ4n) is 6.63. The van der Waals surface area contributed by atoms with Crippen molar-refractivity contribution in [3.05, 3.63) is 62.7 Å². The molecule has 2 aromatic rings. The van der Waals surface area contributed by atoms with Crippen LogP contribution in [0.15, 0.2) is 33.9 Å². The second kappa shape index (κ2) is 10.4. The molecule has 1 fully saturated rings. The number of nitrogens with zero attached hydrogens (tertiary/aromatic N) is 5. The van der Waals surface area contributed by atoms with Crippen molar-refractivity contribution in [2.24, 2.45) is 15.9 Å². The third-order valence-corrected chi connectivity index (χ3v) is 9.46. The minimum atomic E-state index is -0.538. The summed E-state index contributed by atoms with van der Waals surface area (Å²) in [5, 5.41) is 0.738. The number of methoxy groups -OCH3 is 1. The summed E-state index contributed by atoms with van der Waals surface area (Å²) in [6.45, 7) is 8.81. The zero-order valence-electron chi connectivity index (χ0n) is 23.7. The number of hydrogen-bond donors (Lipinski definition) is 0. The lowest BCUT2D eigenvalue weighted by molar-refractivity contribution is -0.132. The van der Waals surface area contributed by atoms with Gasteiger partial charge in [-0.15, -0.1) is 0 Å². The van der Waals surface area contributed by atoms with Gasteiger partial charge in [0, 0.05) is 66.2 Å². The van der Waals surface area contributed by atoms with Crippen LogP contribution in [0.3, 0.4) is 0 Å². The van der Waals surface area contributed by atoms with Gasteiger partial charge in [-0.2, -0.15) is 0 Å². The highest BCUT2D eigenvalue weighted by Gasteiger charge is 2.36. The summed E-state index contributed by atoms with van der Waals surface area (Å²) in [4.78, 5) is 41.8. The molecule has 0 bridgehead atoms. The maximum absolute atomic E-state index is 13.7. The number of carbonyl (C=O) groups excluding carboxylic acids is 2. The number of aliphatic imine (C=N–C) groups is 2. The number of imidazole rings is 1.